The lowest BCUT2D eigenvalue weighted by atomic mass is 10.1. The van der Waals surface area contributed by atoms with Crippen LogP contribution in [0.3, 0.4) is 0 Å². The first-order chi connectivity index (χ1) is 7.79. The molecule has 16 heavy (non-hydrogen) atoms. The Morgan fingerprint density at radius 2 is 2.00 bits per heavy atom. The van der Waals surface area contributed by atoms with Gasteiger partial charge in [-0.05, 0) is 0 Å². The zero-order chi connectivity index (χ0) is 11.5. The third-order valence-electron chi connectivity index (χ3n) is 2.23. The molecule has 78 valence electrons. The lowest BCUT2D eigenvalue weighted by Crippen LogP contribution is -2.19. The van der Waals surface area contributed by atoms with Crippen LogP contribution in [0.25, 0.3) is 0 Å². The van der Waals surface area contributed by atoms with Crippen molar-refractivity contribution >= 4 is 29.4 Å². The zero-order valence-corrected chi connectivity index (χ0v) is 8.77. The van der Waals surface area contributed by atoms with Crippen LogP contribution in [0.1, 0.15) is 17.3 Å². The maximum Gasteiger partial charge on any atom is 0.258 e. The highest BCUT2D eigenvalue weighted by molar-refractivity contribution is 7.80. The summed E-state index contributed by atoms with van der Waals surface area (Å²) >= 11 is 5.12. The van der Waals surface area contributed by atoms with Crippen molar-refractivity contribution < 1.29 is 9.59 Å². The molecule has 1 aliphatic heterocycles. The summed E-state index contributed by atoms with van der Waals surface area (Å²) in [6.45, 7) is 0. The first kappa shape index (κ1) is 10.4. The van der Waals surface area contributed by atoms with Gasteiger partial charge >= 0.3 is 0 Å². The van der Waals surface area contributed by atoms with Crippen molar-refractivity contribution in [1.29, 1.82) is 0 Å². The van der Waals surface area contributed by atoms with Gasteiger partial charge in [-0.15, -0.1) is 0 Å². The Morgan fingerprint density at radius 1 is 1.25 bits per heavy atom. The third kappa shape index (κ3) is 1.47. The number of nitrogens with zero attached hydrogens (tertiary/aromatic N) is 3. The molecule has 0 spiro atoms. The van der Waals surface area contributed by atoms with Gasteiger partial charge in [-0.1, -0.05) is 41.6 Å². The molecule has 0 saturated heterocycles. The van der Waals surface area contributed by atoms with Gasteiger partial charge in [0.15, 0.2) is 6.17 Å². The monoisotopic (exact) mass is 231 g/mol. The number of carbonyl (C=O) groups excluding carboxylic acids is 2. The van der Waals surface area contributed by atoms with Crippen LogP contribution < -0.4 is 0 Å². The molecule has 0 N–H and O–H groups in total. The molecule has 0 bridgehead atoms. The van der Waals surface area contributed by atoms with E-state index in [-0.39, 0.29) is 0 Å². The molecule has 0 amide bonds. The fraction of sp³-hybridized carbons (Fsp3) is 0.100. The minimum atomic E-state index is -0.706. The van der Waals surface area contributed by atoms with Gasteiger partial charge in [-0.25, -0.2) is 14.6 Å². The van der Waals surface area contributed by atoms with Gasteiger partial charge in [0.05, 0.1) is 0 Å². The van der Waals surface area contributed by atoms with Crippen LogP contribution in [-0.2, 0) is 9.59 Å². The molecule has 0 aliphatic carbocycles. The van der Waals surface area contributed by atoms with E-state index in [4.69, 9.17) is 12.2 Å². The van der Waals surface area contributed by atoms with Crippen molar-refractivity contribution in [3.05, 3.63) is 35.4 Å². The first-order valence-electron chi connectivity index (χ1n) is 4.37. The molecule has 2 rings (SSSR count). The molecule has 0 aromatic heterocycles. The molecule has 0 radical (unpaired) electrons. The summed E-state index contributed by atoms with van der Waals surface area (Å²) in [4.78, 5) is 24.5. The highest BCUT2D eigenvalue weighted by atomic mass is 32.1. The number of benzene rings is 1. The van der Waals surface area contributed by atoms with Gasteiger partial charge < -0.3 is 0 Å². The Morgan fingerprint density at radius 3 is 2.69 bits per heavy atom. The Bertz CT molecular complexity index is 545. The Kier molecular flexibility index (Phi) is 2.70. The van der Waals surface area contributed by atoms with Gasteiger partial charge in [-0.3, -0.25) is 0 Å². The topological polar surface area (TPSA) is 62.1 Å². The molecule has 6 heteroatoms. The van der Waals surface area contributed by atoms with Crippen molar-refractivity contribution in [3.63, 3.8) is 0 Å². The van der Waals surface area contributed by atoms with Gasteiger partial charge in [-0.2, -0.15) is 4.99 Å². The summed E-state index contributed by atoms with van der Waals surface area (Å²) < 4.78 is 0. The second-order valence-electron chi connectivity index (χ2n) is 3.02. The SMILES string of the molecule is O=C=NC1c2ccccc2C(=S)N1N=C=O. The van der Waals surface area contributed by atoms with Gasteiger partial charge in [0.2, 0.25) is 6.08 Å². The molecule has 1 aliphatic rings. The van der Waals surface area contributed by atoms with Gasteiger partial charge in [0, 0.05) is 11.1 Å². The number of thiocarbonyl (C=S) groups is 1. The molecule has 1 unspecified atom stereocenters. The van der Waals surface area contributed by atoms with Gasteiger partial charge in [0.25, 0.3) is 6.08 Å². The Labute approximate surface area is 96.1 Å². The average molecular weight is 231 g/mol. The van der Waals surface area contributed by atoms with Crippen molar-refractivity contribution in [3.8, 4) is 0 Å². The minimum absolute atomic E-state index is 0.350. The fourth-order valence-electron chi connectivity index (χ4n) is 1.60. The number of hydrogen-bond acceptors (Lipinski definition) is 5. The fourth-order valence-corrected chi connectivity index (χ4v) is 1.93. The van der Waals surface area contributed by atoms with Gasteiger partial charge in [0.1, 0.15) is 4.99 Å². The Hall–Kier alpha value is -2.13. The van der Waals surface area contributed by atoms with E-state index in [0.717, 1.165) is 11.1 Å². The second kappa shape index (κ2) is 4.16. The second-order valence-corrected chi connectivity index (χ2v) is 3.41. The standard InChI is InChI=1S/C10H5N3O2S/c14-5-11-9-7-3-1-2-4-8(7)10(16)13(9)12-6-15/h1-4,9H. The van der Waals surface area contributed by atoms with Crippen molar-refractivity contribution in [2.75, 3.05) is 0 Å². The van der Waals surface area contributed by atoms with Crippen molar-refractivity contribution in [2.24, 2.45) is 10.1 Å². The summed E-state index contributed by atoms with van der Waals surface area (Å²) in [5, 5.41) is 4.61. The molecular formula is C10H5N3O2S. The van der Waals surface area contributed by atoms with Crippen LogP contribution in [0.4, 0.5) is 0 Å². The van der Waals surface area contributed by atoms with Crippen LogP contribution in [0, 0.1) is 0 Å². The van der Waals surface area contributed by atoms with Crippen LogP contribution in [-0.4, -0.2) is 22.2 Å². The van der Waals surface area contributed by atoms with Crippen LogP contribution >= 0.6 is 12.2 Å². The lowest BCUT2D eigenvalue weighted by molar-refractivity contribution is 0.360. The normalized spacial score (nSPS) is 17.4. The summed E-state index contributed by atoms with van der Waals surface area (Å²) in [7, 11) is 0. The maximum absolute atomic E-state index is 10.3. The average Bonchev–Trinajstić information content (AvgIpc) is 2.57. The highest BCUT2D eigenvalue weighted by Gasteiger charge is 2.33. The van der Waals surface area contributed by atoms with E-state index in [2.05, 4.69) is 10.1 Å². The van der Waals surface area contributed by atoms with E-state index in [1.54, 1.807) is 24.3 Å². The number of aliphatic imine (C=N–C) groups is 1. The van der Waals surface area contributed by atoms with E-state index >= 15 is 0 Å². The number of hydrogen-bond donors (Lipinski definition) is 0. The number of rotatable bonds is 2. The molecule has 1 aromatic rings. The van der Waals surface area contributed by atoms with E-state index in [1.807, 2.05) is 0 Å². The summed E-state index contributed by atoms with van der Waals surface area (Å²) in [6.07, 6.45) is 2.12. The third-order valence-corrected chi connectivity index (χ3v) is 2.64. The molecular weight excluding hydrogens is 226 g/mol. The van der Waals surface area contributed by atoms with Crippen molar-refractivity contribution in [2.45, 2.75) is 6.17 Å². The zero-order valence-electron chi connectivity index (χ0n) is 7.95. The molecule has 0 saturated carbocycles. The molecule has 1 aromatic carbocycles. The van der Waals surface area contributed by atoms with E-state index < -0.39 is 6.17 Å². The largest absolute Gasteiger partial charge is 0.258 e. The maximum atomic E-state index is 10.3. The first-order valence-corrected chi connectivity index (χ1v) is 4.77. The number of isocyanates is 2. The molecule has 0 fully saturated rings. The summed E-state index contributed by atoms with van der Waals surface area (Å²) in [6, 6.07) is 7.16. The number of hydrazone groups is 1. The van der Waals surface area contributed by atoms with Crippen molar-refractivity contribution in [1.82, 2.24) is 5.01 Å². The predicted octanol–water partition coefficient (Wildman–Crippen LogP) is 1.26. The summed E-state index contributed by atoms with van der Waals surface area (Å²) in [5.74, 6) is 0. The molecule has 5 nitrogen and oxygen atoms in total. The predicted molar refractivity (Wildman–Crippen MR) is 59.0 cm³/mol. The molecule has 1 atom stereocenters. The van der Waals surface area contributed by atoms with E-state index in [1.165, 1.54) is 17.2 Å². The van der Waals surface area contributed by atoms with E-state index in [0.29, 0.717) is 4.99 Å². The quantitative estimate of drug-likeness (QED) is 0.437. The van der Waals surface area contributed by atoms with Crippen LogP contribution in [0.15, 0.2) is 34.4 Å². The minimum Gasteiger partial charge on any atom is -0.213 e. The lowest BCUT2D eigenvalue weighted by Gasteiger charge is -2.13. The Balaban J connectivity index is 2.59. The number of fused-ring (bicyclic) bond motifs is 1. The van der Waals surface area contributed by atoms with Crippen LogP contribution in [0.2, 0.25) is 0 Å². The van der Waals surface area contributed by atoms with E-state index in [9.17, 15) is 9.59 Å². The smallest absolute Gasteiger partial charge is 0.213 e. The van der Waals surface area contributed by atoms with Crippen LogP contribution in [0.5, 0.6) is 0 Å². The highest BCUT2D eigenvalue weighted by Crippen LogP contribution is 2.34. The summed E-state index contributed by atoms with van der Waals surface area (Å²) in [5.41, 5.74) is 1.47. The molecule has 1 heterocycles.